The molecule has 1 heterocycles. The predicted octanol–water partition coefficient (Wildman–Crippen LogP) is 2.96. The Morgan fingerprint density at radius 3 is 2.53 bits per heavy atom. The molecule has 0 aromatic carbocycles. The summed E-state index contributed by atoms with van der Waals surface area (Å²) < 4.78 is 0. The second kappa shape index (κ2) is 3.33. The number of aryl methyl sites for hydroxylation is 1. The van der Waals surface area contributed by atoms with Crippen LogP contribution < -0.4 is 0 Å². The molecule has 0 bridgehead atoms. The van der Waals surface area contributed by atoms with Gasteiger partial charge in [-0.05, 0) is 38.8 Å². The Balaban J connectivity index is 2.38. The topological polar surface area (TPSA) is 44.0 Å². The highest BCUT2D eigenvalue weighted by Crippen LogP contribution is 2.54. The van der Waals surface area contributed by atoms with E-state index in [0.29, 0.717) is 0 Å². The van der Waals surface area contributed by atoms with Gasteiger partial charge in [0.2, 0.25) is 0 Å². The summed E-state index contributed by atoms with van der Waals surface area (Å²) in [4.78, 5) is 2.10. The van der Waals surface area contributed by atoms with E-state index >= 15 is 0 Å². The number of thiophene rings is 1. The molecule has 2 nitrogen and oxygen atoms in total. The molecule has 0 saturated heterocycles. The van der Waals surface area contributed by atoms with E-state index in [1.807, 2.05) is 19.1 Å². The summed E-state index contributed by atoms with van der Waals surface area (Å²) in [6, 6.07) is 6.26. The highest BCUT2D eigenvalue weighted by Gasteiger charge is 2.53. The van der Waals surface area contributed by atoms with Gasteiger partial charge < -0.3 is 5.11 Å². The fourth-order valence-corrected chi connectivity index (χ4v) is 3.18. The maximum atomic E-state index is 10.6. The minimum Gasteiger partial charge on any atom is -0.383 e. The molecule has 1 atom stereocenters. The largest absolute Gasteiger partial charge is 0.383 e. The Morgan fingerprint density at radius 1 is 1.53 bits per heavy atom. The van der Waals surface area contributed by atoms with Gasteiger partial charge in [-0.1, -0.05) is 6.42 Å². The molecule has 15 heavy (non-hydrogen) atoms. The average Bonchev–Trinajstić information content (AvgIpc) is 2.50. The molecule has 3 heteroatoms. The van der Waals surface area contributed by atoms with E-state index in [4.69, 9.17) is 0 Å². The summed E-state index contributed by atoms with van der Waals surface area (Å²) in [6.07, 6.45) is 2.68. The third-order valence-corrected chi connectivity index (χ3v) is 4.78. The Bertz CT molecular complexity index is 410. The van der Waals surface area contributed by atoms with Crippen molar-refractivity contribution in [1.29, 1.82) is 5.26 Å². The summed E-state index contributed by atoms with van der Waals surface area (Å²) >= 11 is 1.59. The fourth-order valence-electron chi connectivity index (χ4n) is 2.17. The normalized spacial score (nSPS) is 22.5. The zero-order valence-corrected chi connectivity index (χ0v) is 9.90. The molecule has 1 aromatic rings. The zero-order chi connectivity index (χ0) is 11.1. The predicted molar refractivity (Wildman–Crippen MR) is 60.5 cm³/mol. The van der Waals surface area contributed by atoms with Crippen molar-refractivity contribution in [2.45, 2.75) is 38.7 Å². The molecular weight excluding hydrogens is 206 g/mol. The molecule has 0 radical (unpaired) electrons. The van der Waals surface area contributed by atoms with Crippen molar-refractivity contribution in [3.8, 4) is 6.07 Å². The summed E-state index contributed by atoms with van der Waals surface area (Å²) in [5.74, 6) is 0. The van der Waals surface area contributed by atoms with Gasteiger partial charge in [-0.25, -0.2) is 0 Å². The third kappa shape index (κ3) is 1.40. The maximum absolute atomic E-state index is 10.6. The monoisotopic (exact) mass is 221 g/mol. The maximum Gasteiger partial charge on any atom is 0.114 e. The Morgan fingerprint density at radius 2 is 2.20 bits per heavy atom. The van der Waals surface area contributed by atoms with Crippen LogP contribution in [-0.2, 0) is 5.60 Å². The van der Waals surface area contributed by atoms with E-state index in [1.54, 1.807) is 18.3 Å². The minimum absolute atomic E-state index is 0.551. The average molecular weight is 221 g/mol. The molecular formula is C12H15NOS. The molecule has 1 aliphatic carbocycles. The molecule has 1 fully saturated rings. The van der Waals surface area contributed by atoms with Crippen molar-refractivity contribution in [3.63, 3.8) is 0 Å². The molecule has 1 unspecified atom stereocenters. The van der Waals surface area contributed by atoms with E-state index in [1.165, 1.54) is 4.88 Å². The first kappa shape index (κ1) is 10.7. The van der Waals surface area contributed by atoms with Crippen LogP contribution in [0.3, 0.4) is 0 Å². The second-order valence-corrected chi connectivity index (χ2v) is 5.82. The van der Waals surface area contributed by atoms with Crippen LogP contribution in [0, 0.1) is 23.7 Å². The van der Waals surface area contributed by atoms with Gasteiger partial charge in [0.15, 0.2) is 0 Å². The van der Waals surface area contributed by atoms with Crippen LogP contribution in [0.1, 0.15) is 35.9 Å². The van der Waals surface area contributed by atoms with Crippen LogP contribution in [-0.4, -0.2) is 5.11 Å². The first-order valence-electron chi connectivity index (χ1n) is 5.22. The molecule has 0 spiro atoms. The van der Waals surface area contributed by atoms with Gasteiger partial charge in [0.25, 0.3) is 0 Å². The Kier molecular flexibility index (Phi) is 2.37. The molecule has 1 aromatic heterocycles. The van der Waals surface area contributed by atoms with Crippen molar-refractivity contribution >= 4 is 11.3 Å². The van der Waals surface area contributed by atoms with Crippen LogP contribution >= 0.6 is 11.3 Å². The first-order valence-corrected chi connectivity index (χ1v) is 6.04. The summed E-state index contributed by atoms with van der Waals surface area (Å²) in [5, 5.41) is 19.8. The number of nitrogens with zero attached hydrogens (tertiary/aromatic N) is 1. The van der Waals surface area contributed by atoms with Gasteiger partial charge in [0, 0.05) is 9.75 Å². The number of rotatable bonds is 2. The second-order valence-electron chi connectivity index (χ2n) is 4.53. The molecule has 0 amide bonds. The van der Waals surface area contributed by atoms with Crippen LogP contribution in [0.4, 0.5) is 0 Å². The van der Waals surface area contributed by atoms with E-state index in [9.17, 15) is 10.4 Å². The van der Waals surface area contributed by atoms with Gasteiger partial charge in [-0.15, -0.1) is 11.3 Å². The van der Waals surface area contributed by atoms with E-state index in [-0.39, 0.29) is 0 Å². The van der Waals surface area contributed by atoms with Gasteiger partial charge in [0.1, 0.15) is 5.60 Å². The lowest BCUT2D eigenvalue weighted by Gasteiger charge is -2.46. The first-order chi connectivity index (χ1) is 7.02. The van der Waals surface area contributed by atoms with E-state index in [2.05, 4.69) is 6.07 Å². The van der Waals surface area contributed by atoms with Gasteiger partial charge in [-0.2, -0.15) is 5.26 Å². The number of hydrogen-bond acceptors (Lipinski definition) is 3. The van der Waals surface area contributed by atoms with E-state index in [0.717, 1.165) is 24.1 Å². The molecule has 1 saturated carbocycles. The zero-order valence-electron chi connectivity index (χ0n) is 9.08. The Hall–Kier alpha value is -0.850. The highest BCUT2D eigenvalue weighted by molar-refractivity contribution is 7.12. The van der Waals surface area contributed by atoms with Gasteiger partial charge in [-0.3, -0.25) is 0 Å². The smallest absolute Gasteiger partial charge is 0.114 e. The molecule has 80 valence electrons. The van der Waals surface area contributed by atoms with Crippen molar-refractivity contribution in [3.05, 3.63) is 21.9 Å². The third-order valence-electron chi connectivity index (χ3n) is 3.57. The lowest BCUT2D eigenvalue weighted by Crippen LogP contribution is -2.46. The van der Waals surface area contributed by atoms with Crippen LogP contribution in [0.5, 0.6) is 0 Å². The van der Waals surface area contributed by atoms with Gasteiger partial charge in [0.05, 0.1) is 11.5 Å². The Labute approximate surface area is 94.2 Å². The molecule has 2 rings (SSSR count). The van der Waals surface area contributed by atoms with Crippen molar-refractivity contribution < 1.29 is 5.11 Å². The molecule has 0 aliphatic heterocycles. The summed E-state index contributed by atoms with van der Waals surface area (Å²) in [6.45, 7) is 3.80. The molecule has 1 aliphatic rings. The lowest BCUT2D eigenvalue weighted by molar-refractivity contribution is -0.0831. The van der Waals surface area contributed by atoms with Crippen LogP contribution in [0.25, 0.3) is 0 Å². The lowest BCUT2D eigenvalue weighted by atomic mass is 9.60. The van der Waals surface area contributed by atoms with Crippen molar-refractivity contribution in [1.82, 2.24) is 0 Å². The minimum atomic E-state index is -0.987. The quantitative estimate of drug-likeness (QED) is 0.834. The SMILES string of the molecule is Cc1ccc(C(C)(O)C2(C#N)CCC2)s1. The van der Waals surface area contributed by atoms with Crippen molar-refractivity contribution in [2.75, 3.05) is 0 Å². The number of aliphatic hydroxyl groups is 1. The number of hydrogen-bond donors (Lipinski definition) is 1. The highest BCUT2D eigenvalue weighted by atomic mass is 32.1. The van der Waals surface area contributed by atoms with E-state index < -0.39 is 11.0 Å². The summed E-state index contributed by atoms with van der Waals surface area (Å²) in [5.41, 5.74) is -1.54. The van der Waals surface area contributed by atoms with Crippen LogP contribution in [0.15, 0.2) is 12.1 Å². The summed E-state index contributed by atoms with van der Waals surface area (Å²) in [7, 11) is 0. The number of nitriles is 1. The van der Waals surface area contributed by atoms with Gasteiger partial charge >= 0.3 is 0 Å². The molecule has 1 N–H and O–H groups in total. The van der Waals surface area contributed by atoms with Crippen molar-refractivity contribution in [2.24, 2.45) is 5.41 Å². The standard InChI is InChI=1S/C12H15NOS/c1-9-4-5-10(15-9)11(2,14)12(8-13)6-3-7-12/h4-5,14H,3,6-7H2,1-2H3. The fraction of sp³-hybridized carbons (Fsp3) is 0.583. The van der Waals surface area contributed by atoms with Crippen LogP contribution in [0.2, 0.25) is 0 Å².